The van der Waals surface area contributed by atoms with E-state index in [4.69, 9.17) is 27.9 Å². The van der Waals surface area contributed by atoms with Crippen LogP contribution in [0.4, 0.5) is 0 Å². The Labute approximate surface area is 116 Å². The van der Waals surface area contributed by atoms with Crippen molar-refractivity contribution in [1.82, 2.24) is 5.32 Å². The molecule has 0 aromatic heterocycles. The summed E-state index contributed by atoms with van der Waals surface area (Å²) in [4.78, 5) is 16.0. The minimum absolute atomic E-state index is 0.0223. The van der Waals surface area contributed by atoms with Gasteiger partial charge in [-0.25, -0.2) is 4.99 Å². The van der Waals surface area contributed by atoms with E-state index in [1.54, 1.807) is 12.1 Å². The van der Waals surface area contributed by atoms with Gasteiger partial charge in [-0.1, -0.05) is 23.2 Å². The van der Waals surface area contributed by atoms with Gasteiger partial charge in [0.2, 0.25) is 0 Å². The molecule has 0 bridgehead atoms. The van der Waals surface area contributed by atoms with Crippen molar-refractivity contribution >= 4 is 35.1 Å². The van der Waals surface area contributed by atoms with Crippen molar-refractivity contribution < 1.29 is 9.53 Å². The molecule has 1 rings (SSSR count). The average molecular weight is 289 g/mol. The summed E-state index contributed by atoms with van der Waals surface area (Å²) in [6.45, 7) is 3.76. The summed E-state index contributed by atoms with van der Waals surface area (Å²) in [6, 6.07) is 4.81. The van der Waals surface area contributed by atoms with Crippen molar-refractivity contribution in [3.8, 4) is 0 Å². The molecule has 0 saturated carbocycles. The van der Waals surface area contributed by atoms with Gasteiger partial charge in [-0.3, -0.25) is 10.1 Å². The van der Waals surface area contributed by atoms with Crippen LogP contribution >= 0.6 is 23.2 Å². The number of amides is 1. The van der Waals surface area contributed by atoms with Crippen LogP contribution in [0.2, 0.25) is 10.0 Å². The summed E-state index contributed by atoms with van der Waals surface area (Å²) in [6.07, 6.45) is 0. The number of benzene rings is 1. The molecule has 1 N–H and O–H groups in total. The Morgan fingerprint density at radius 3 is 2.50 bits per heavy atom. The topological polar surface area (TPSA) is 50.7 Å². The number of amidine groups is 1. The van der Waals surface area contributed by atoms with Crippen molar-refractivity contribution in [1.29, 1.82) is 0 Å². The van der Waals surface area contributed by atoms with Crippen LogP contribution in [0, 0.1) is 0 Å². The van der Waals surface area contributed by atoms with Crippen LogP contribution < -0.4 is 5.32 Å². The molecule has 0 aliphatic carbocycles. The Bertz CT molecular complexity index is 473. The van der Waals surface area contributed by atoms with Gasteiger partial charge in [-0.15, -0.1) is 0 Å². The quantitative estimate of drug-likeness (QED) is 0.671. The van der Waals surface area contributed by atoms with Crippen LogP contribution in [0.3, 0.4) is 0 Å². The highest BCUT2D eigenvalue weighted by molar-refractivity contribution is 6.42. The van der Waals surface area contributed by atoms with E-state index in [2.05, 4.69) is 10.3 Å². The van der Waals surface area contributed by atoms with Crippen LogP contribution in [0.15, 0.2) is 23.2 Å². The Balaban J connectivity index is 2.84. The molecule has 0 aliphatic rings. The molecule has 0 radical (unpaired) electrons. The summed E-state index contributed by atoms with van der Waals surface area (Å²) in [5, 5.41) is 3.27. The highest BCUT2D eigenvalue weighted by atomic mass is 35.5. The van der Waals surface area contributed by atoms with Crippen LogP contribution in [0.5, 0.6) is 0 Å². The maximum atomic E-state index is 11.9. The van der Waals surface area contributed by atoms with Gasteiger partial charge in [0, 0.05) is 11.6 Å². The number of methoxy groups -OCH3 is 1. The molecule has 98 valence electrons. The zero-order valence-corrected chi connectivity index (χ0v) is 11.8. The largest absolute Gasteiger partial charge is 0.468 e. The number of hydrogen-bond acceptors (Lipinski definition) is 3. The van der Waals surface area contributed by atoms with Crippen molar-refractivity contribution in [3.05, 3.63) is 33.8 Å². The van der Waals surface area contributed by atoms with Crippen molar-refractivity contribution in [3.63, 3.8) is 0 Å². The lowest BCUT2D eigenvalue weighted by molar-refractivity contribution is 0.0968. The lowest BCUT2D eigenvalue weighted by Crippen LogP contribution is -2.32. The number of ether oxygens (including phenoxy) is 1. The fourth-order valence-corrected chi connectivity index (χ4v) is 1.48. The Kier molecular flexibility index (Phi) is 5.44. The fourth-order valence-electron chi connectivity index (χ4n) is 1.18. The zero-order valence-electron chi connectivity index (χ0n) is 10.3. The Morgan fingerprint density at radius 1 is 1.33 bits per heavy atom. The third kappa shape index (κ3) is 4.20. The molecule has 0 aliphatic heterocycles. The monoisotopic (exact) mass is 288 g/mol. The SMILES string of the molecule is COC(=NC(C)C)NC(=O)c1ccc(Cl)c(Cl)c1. The van der Waals surface area contributed by atoms with Gasteiger partial charge < -0.3 is 4.74 Å². The highest BCUT2D eigenvalue weighted by Crippen LogP contribution is 2.22. The van der Waals surface area contributed by atoms with E-state index in [0.717, 1.165) is 0 Å². The molecule has 0 atom stereocenters. The minimum atomic E-state index is -0.352. The summed E-state index contributed by atoms with van der Waals surface area (Å²) in [5.74, 6) is -0.352. The van der Waals surface area contributed by atoms with Crippen molar-refractivity contribution in [2.24, 2.45) is 4.99 Å². The standard InChI is InChI=1S/C12H14Cl2N2O2/c1-7(2)15-12(18-3)16-11(17)8-4-5-9(13)10(14)6-8/h4-7H,1-3H3,(H,15,16,17). The maximum absolute atomic E-state index is 11.9. The molecule has 1 amide bonds. The number of aliphatic imine (C=N–C) groups is 1. The lowest BCUT2D eigenvalue weighted by atomic mass is 10.2. The lowest BCUT2D eigenvalue weighted by Gasteiger charge is -2.09. The molecule has 18 heavy (non-hydrogen) atoms. The first-order valence-electron chi connectivity index (χ1n) is 5.32. The summed E-state index contributed by atoms with van der Waals surface area (Å²) < 4.78 is 4.97. The summed E-state index contributed by atoms with van der Waals surface area (Å²) in [5.41, 5.74) is 0.387. The molecule has 0 saturated heterocycles. The van der Waals surface area contributed by atoms with Gasteiger partial charge in [0.25, 0.3) is 11.9 Å². The van der Waals surface area contributed by atoms with E-state index in [0.29, 0.717) is 15.6 Å². The van der Waals surface area contributed by atoms with Gasteiger partial charge in [0.15, 0.2) is 0 Å². The number of nitrogens with one attached hydrogen (secondary N) is 1. The van der Waals surface area contributed by atoms with Crippen molar-refractivity contribution in [2.45, 2.75) is 19.9 Å². The van der Waals surface area contributed by atoms with Crippen LogP contribution in [-0.2, 0) is 4.74 Å². The fraction of sp³-hybridized carbons (Fsp3) is 0.333. The second-order valence-electron chi connectivity index (χ2n) is 3.82. The molecule has 0 heterocycles. The van der Waals surface area contributed by atoms with Gasteiger partial charge in [0.1, 0.15) is 0 Å². The molecule has 4 nitrogen and oxygen atoms in total. The predicted octanol–water partition coefficient (Wildman–Crippen LogP) is 3.13. The molecule has 1 aromatic rings. The molecule has 6 heteroatoms. The third-order valence-corrected chi connectivity index (χ3v) is 2.71. The van der Waals surface area contributed by atoms with E-state index < -0.39 is 0 Å². The smallest absolute Gasteiger partial charge is 0.291 e. The molecular formula is C12H14Cl2N2O2. The Morgan fingerprint density at radius 2 is 2.00 bits per heavy atom. The number of carbonyl (C=O) groups excluding carboxylic acids is 1. The maximum Gasteiger partial charge on any atom is 0.291 e. The number of carbonyl (C=O) groups is 1. The van der Waals surface area contributed by atoms with E-state index in [1.165, 1.54) is 13.2 Å². The number of nitrogens with zero attached hydrogens (tertiary/aromatic N) is 1. The summed E-state index contributed by atoms with van der Waals surface area (Å²) >= 11 is 11.6. The first-order chi connectivity index (χ1) is 8.43. The molecule has 1 aromatic carbocycles. The van der Waals surface area contributed by atoms with E-state index in [9.17, 15) is 4.79 Å². The van der Waals surface area contributed by atoms with E-state index >= 15 is 0 Å². The predicted molar refractivity (Wildman–Crippen MR) is 73.5 cm³/mol. The van der Waals surface area contributed by atoms with E-state index in [-0.39, 0.29) is 18.0 Å². The molecule has 0 fully saturated rings. The molecule has 0 spiro atoms. The first kappa shape index (κ1) is 14.8. The minimum Gasteiger partial charge on any atom is -0.468 e. The zero-order chi connectivity index (χ0) is 13.7. The number of halogens is 2. The van der Waals surface area contributed by atoms with Gasteiger partial charge in [-0.05, 0) is 32.0 Å². The normalized spacial score (nSPS) is 11.6. The van der Waals surface area contributed by atoms with Gasteiger partial charge in [0.05, 0.1) is 17.2 Å². The Hall–Kier alpha value is -1.26. The van der Waals surface area contributed by atoms with Crippen LogP contribution in [0.1, 0.15) is 24.2 Å². The number of rotatable bonds is 2. The second-order valence-corrected chi connectivity index (χ2v) is 4.63. The summed E-state index contributed by atoms with van der Waals surface area (Å²) in [7, 11) is 1.44. The van der Waals surface area contributed by atoms with Crippen LogP contribution in [0.25, 0.3) is 0 Å². The first-order valence-corrected chi connectivity index (χ1v) is 6.07. The van der Waals surface area contributed by atoms with Crippen molar-refractivity contribution in [2.75, 3.05) is 7.11 Å². The second kappa shape index (κ2) is 6.61. The van der Waals surface area contributed by atoms with Gasteiger partial charge >= 0.3 is 0 Å². The highest BCUT2D eigenvalue weighted by Gasteiger charge is 2.11. The van der Waals surface area contributed by atoms with Crippen LogP contribution in [-0.4, -0.2) is 25.1 Å². The average Bonchev–Trinajstić information content (AvgIpc) is 2.31. The van der Waals surface area contributed by atoms with E-state index in [1.807, 2.05) is 13.8 Å². The molecular weight excluding hydrogens is 275 g/mol. The van der Waals surface area contributed by atoms with Gasteiger partial charge in [-0.2, -0.15) is 0 Å². The number of hydrogen-bond donors (Lipinski definition) is 1. The molecule has 0 unspecified atom stereocenters. The third-order valence-electron chi connectivity index (χ3n) is 1.97.